The zero-order valence-electron chi connectivity index (χ0n) is 18.9. The van der Waals surface area contributed by atoms with Crippen molar-refractivity contribution in [3.8, 4) is 22.4 Å². The fourth-order valence-electron chi connectivity index (χ4n) is 5.03. The molecule has 2 aliphatic carbocycles. The van der Waals surface area contributed by atoms with Crippen LogP contribution in [0.3, 0.4) is 0 Å². The normalized spacial score (nSPS) is 11.3. The Labute approximate surface area is 245 Å². The van der Waals surface area contributed by atoms with Crippen molar-refractivity contribution in [1.29, 1.82) is 0 Å². The Balaban J connectivity index is 0.000000180. The standard InChI is InChI=1S/C16H11BrN.C13H9.2ClH.S.Zr/c1-18-15-5-3-2-4-13(15)14-9-10-8-11(17)6-7-12(10)16(14)18;1-3-7-12-10(5-1)9-11-6-2-4-8-13(11)12;;;;/h2-3,5-8H,9H2,1H3;1-5,7-8H,9H2;2*1H;;/q2*-1;;;;+2/p-2. The summed E-state index contributed by atoms with van der Waals surface area (Å²) in [6.45, 7) is 0. The van der Waals surface area contributed by atoms with Crippen molar-refractivity contribution < 1.29 is 47.5 Å². The fraction of sp³-hybridized carbons (Fsp3) is 0.103. The zero-order chi connectivity index (χ0) is 22.9. The molecular formula is C29H20BrCl2NSZr-2. The van der Waals surface area contributed by atoms with Gasteiger partial charge in [0.2, 0.25) is 0 Å². The van der Waals surface area contributed by atoms with Crippen LogP contribution in [0.5, 0.6) is 0 Å². The van der Waals surface area contributed by atoms with E-state index in [0.29, 0.717) is 0 Å². The van der Waals surface area contributed by atoms with E-state index in [1.54, 1.807) is 0 Å². The van der Waals surface area contributed by atoms with Crippen LogP contribution in [0, 0.1) is 12.1 Å². The van der Waals surface area contributed by atoms with Gasteiger partial charge < -0.3 is 29.4 Å². The van der Waals surface area contributed by atoms with Gasteiger partial charge in [0.15, 0.2) is 0 Å². The monoisotopic (exact) mass is 653 g/mol. The molecule has 0 spiro atoms. The molecule has 1 heterocycles. The van der Waals surface area contributed by atoms with Gasteiger partial charge >= 0.3 is 31.5 Å². The van der Waals surface area contributed by atoms with Gasteiger partial charge in [-0.15, -0.1) is 35.2 Å². The number of fused-ring (bicyclic) bond motifs is 8. The van der Waals surface area contributed by atoms with Crippen molar-refractivity contribution in [1.82, 2.24) is 4.57 Å². The first kappa shape index (κ1) is 28.2. The Morgan fingerprint density at radius 2 is 1.51 bits per heavy atom. The van der Waals surface area contributed by atoms with Crippen LogP contribution in [0.2, 0.25) is 0 Å². The molecule has 4 aromatic carbocycles. The van der Waals surface area contributed by atoms with Crippen LogP contribution in [0.1, 0.15) is 22.3 Å². The Hall–Kier alpha value is -1.42. The molecule has 6 heteroatoms. The summed E-state index contributed by atoms with van der Waals surface area (Å²) in [6.07, 6.45) is 2.06. The van der Waals surface area contributed by atoms with Crippen LogP contribution < -0.4 is 24.8 Å². The minimum Gasteiger partial charge on any atom is -0.179 e. The molecule has 35 heavy (non-hydrogen) atoms. The Kier molecular flexibility index (Phi) is 9.83. The maximum Gasteiger partial charge on any atom is -0.0253 e. The molecule has 2 aliphatic rings. The van der Waals surface area contributed by atoms with Gasteiger partial charge in [-0.25, -0.2) is 0 Å². The van der Waals surface area contributed by atoms with Crippen LogP contribution >= 0.6 is 24.8 Å². The van der Waals surface area contributed by atoms with Crippen LogP contribution in [-0.4, -0.2) is 4.57 Å². The first-order valence-corrected chi connectivity index (χ1v) is 15.0. The van der Waals surface area contributed by atoms with Crippen molar-refractivity contribution in [2.24, 2.45) is 7.05 Å². The van der Waals surface area contributed by atoms with E-state index < -0.39 is 0 Å². The van der Waals surface area contributed by atoms with E-state index in [4.69, 9.17) is 0 Å². The van der Waals surface area contributed by atoms with Gasteiger partial charge in [-0.2, -0.15) is 29.8 Å². The van der Waals surface area contributed by atoms with Crippen LogP contribution in [-0.2, 0) is 42.6 Å². The summed E-state index contributed by atoms with van der Waals surface area (Å²) in [4.78, 5) is 0. The van der Waals surface area contributed by atoms with Crippen molar-refractivity contribution in [3.05, 3.63) is 118 Å². The molecule has 0 radical (unpaired) electrons. The number of benzene rings is 4. The summed E-state index contributed by atoms with van der Waals surface area (Å²) in [5.41, 5.74) is 12.3. The molecule has 0 amide bonds. The average Bonchev–Trinajstić information content (AvgIpc) is 3.51. The maximum atomic E-state index is 4.17. The zero-order valence-corrected chi connectivity index (χ0v) is 25.3. The molecule has 0 saturated heterocycles. The van der Waals surface area contributed by atoms with Crippen LogP contribution in [0.25, 0.3) is 33.3 Å². The van der Waals surface area contributed by atoms with E-state index in [2.05, 4.69) is 115 Å². The molecule has 1 aromatic heterocycles. The number of halogens is 3. The molecule has 0 aliphatic heterocycles. The Bertz CT molecular complexity index is 1450. The molecule has 5 aromatic rings. The van der Waals surface area contributed by atoms with Gasteiger partial charge in [-0.1, -0.05) is 63.0 Å². The second kappa shape index (κ2) is 12.2. The number of hydrogen-bond donors (Lipinski definition) is 0. The summed E-state index contributed by atoms with van der Waals surface area (Å²) in [5, 5.41) is 1.27. The Morgan fingerprint density at radius 3 is 2.34 bits per heavy atom. The summed E-state index contributed by atoms with van der Waals surface area (Å²) in [5.74, 6) is 0. The van der Waals surface area contributed by atoms with Crippen LogP contribution in [0.15, 0.2) is 83.3 Å². The van der Waals surface area contributed by atoms with E-state index >= 15 is 0 Å². The molecule has 0 fully saturated rings. The molecule has 174 valence electrons. The molecule has 0 saturated carbocycles. The minimum absolute atomic E-state index is 0. The van der Waals surface area contributed by atoms with Gasteiger partial charge in [-0.05, 0) is 41.6 Å². The summed E-state index contributed by atoms with van der Waals surface area (Å²) in [6, 6.07) is 34.3. The predicted molar refractivity (Wildman–Crippen MR) is 139 cm³/mol. The van der Waals surface area contributed by atoms with E-state index in [-0.39, 0.29) is 24.8 Å². The van der Waals surface area contributed by atoms with Crippen molar-refractivity contribution in [3.63, 3.8) is 0 Å². The van der Waals surface area contributed by atoms with Crippen molar-refractivity contribution in [2.45, 2.75) is 12.8 Å². The van der Waals surface area contributed by atoms with E-state index in [1.807, 2.05) is 12.1 Å². The topological polar surface area (TPSA) is 4.93 Å². The van der Waals surface area contributed by atoms with Gasteiger partial charge in [-0.3, -0.25) is 0 Å². The van der Waals surface area contributed by atoms with Crippen molar-refractivity contribution >= 4 is 35.7 Å². The predicted octanol–water partition coefficient (Wildman–Crippen LogP) is 2.02. The summed E-state index contributed by atoms with van der Waals surface area (Å²) >= 11 is 4.68. The summed E-state index contributed by atoms with van der Waals surface area (Å²) in [7, 11) is 6.32. The van der Waals surface area contributed by atoms with Crippen LogP contribution in [0.4, 0.5) is 0 Å². The third-order valence-electron chi connectivity index (χ3n) is 6.42. The van der Waals surface area contributed by atoms with Gasteiger partial charge in [0.25, 0.3) is 0 Å². The second-order valence-corrected chi connectivity index (χ2v) is 9.11. The molecule has 1 nitrogen and oxygen atoms in total. The van der Waals surface area contributed by atoms with E-state index in [1.165, 1.54) is 55.5 Å². The number of aromatic nitrogens is 1. The van der Waals surface area contributed by atoms with E-state index in [0.717, 1.165) is 40.0 Å². The average molecular weight is 657 g/mol. The van der Waals surface area contributed by atoms with Crippen molar-refractivity contribution in [2.75, 3.05) is 0 Å². The molecule has 0 bridgehead atoms. The largest absolute Gasteiger partial charge is 0.179 e. The third kappa shape index (κ3) is 5.20. The Morgan fingerprint density at radius 1 is 0.800 bits per heavy atom. The number of nitrogens with zero attached hydrogens (tertiary/aromatic N) is 1. The molecule has 0 unspecified atom stereocenters. The SMILES string of the molecule is Cn1c2c(c3[c-]cccc31)Cc1cc(Br)ccc1-2.[Cl-].[Cl-].[S]=[Zr+2].[c-]1cccc2c1Cc1ccccc1-2. The third-order valence-corrected chi connectivity index (χ3v) is 6.92. The smallest absolute Gasteiger partial charge is 0.0253 e. The first-order valence-electron chi connectivity index (χ1n) is 10.8. The molecule has 0 atom stereocenters. The van der Waals surface area contributed by atoms with Gasteiger partial charge in [0.05, 0.1) is 0 Å². The summed E-state index contributed by atoms with van der Waals surface area (Å²) < 4.78 is 3.45. The number of aryl methyl sites for hydroxylation is 1. The second-order valence-electron chi connectivity index (χ2n) is 8.19. The fourth-order valence-corrected chi connectivity index (χ4v) is 5.44. The number of rotatable bonds is 0. The van der Waals surface area contributed by atoms with Gasteiger partial charge in [0.1, 0.15) is 0 Å². The van der Waals surface area contributed by atoms with Gasteiger partial charge in [0, 0.05) is 17.2 Å². The maximum absolute atomic E-state index is 4.17. The quantitative estimate of drug-likeness (QED) is 0.227. The van der Waals surface area contributed by atoms with E-state index in [9.17, 15) is 0 Å². The minimum atomic E-state index is 0. The molecule has 0 N–H and O–H groups in total. The molecular weight excluding hydrogens is 636 g/mol. The number of hydrogen-bond acceptors (Lipinski definition) is 1. The molecule has 7 rings (SSSR count). The first-order chi connectivity index (χ1) is 16.2.